The van der Waals surface area contributed by atoms with Crippen LogP contribution in [0, 0.1) is 10.5 Å². The molecule has 2 aromatic carbocycles. The van der Waals surface area contributed by atoms with Crippen LogP contribution < -0.4 is 5.32 Å². The van der Waals surface area contributed by atoms with Crippen LogP contribution in [-0.2, 0) is 0 Å². The molecular weight excluding hydrogens is 369 g/mol. The van der Waals surface area contributed by atoms with Crippen molar-refractivity contribution in [2.24, 2.45) is 0 Å². The molecule has 0 heterocycles. The Bertz CT molecular complexity index is 551. The van der Waals surface area contributed by atoms with Crippen molar-refractivity contribution in [3.8, 4) is 0 Å². The molecule has 0 aromatic heterocycles. The van der Waals surface area contributed by atoms with Crippen molar-refractivity contribution in [3.05, 3.63) is 62.2 Å². The zero-order chi connectivity index (χ0) is 13.8. The van der Waals surface area contributed by atoms with E-state index in [9.17, 15) is 0 Å². The van der Waals surface area contributed by atoms with Crippen LogP contribution >= 0.6 is 34.2 Å². The maximum absolute atomic E-state index is 5.99. The SMILES string of the molecule is CCC(Nc1ccc(Cl)cc1I)c1ccc(C)cc1. The fourth-order valence-electron chi connectivity index (χ4n) is 2.01. The van der Waals surface area contributed by atoms with Crippen molar-refractivity contribution in [2.45, 2.75) is 26.3 Å². The zero-order valence-corrected chi connectivity index (χ0v) is 14.0. The standard InChI is InChI=1S/C16H17ClIN/c1-3-15(12-6-4-11(2)5-7-12)19-16-9-8-13(17)10-14(16)18/h4-10,15,19H,3H2,1-2H3. The lowest BCUT2D eigenvalue weighted by Crippen LogP contribution is -2.10. The maximum atomic E-state index is 5.99. The van der Waals surface area contributed by atoms with Crippen LogP contribution in [0.4, 0.5) is 5.69 Å². The van der Waals surface area contributed by atoms with E-state index in [1.165, 1.54) is 11.1 Å². The number of hydrogen-bond donors (Lipinski definition) is 1. The monoisotopic (exact) mass is 385 g/mol. The highest BCUT2D eigenvalue weighted by molar-refractivity contribution is 14.1. The molecule has 0 saturated heterocycles. The van der Waals surface area contributed by atoms with Crippen LogP contribution in [0.1, 0.15) is 30.5 Å². The quantitative estimate of drug-likeness (QED) is 0.654. The largest absolute Gasteiger partial charge is 0.377 e. The van der Waals surface area contributed by atoms with Gasteiger partial charge in [-0.2, -0.15) is 0 Å². The second kappa shape index (κ2) is 6.62. The zero-order valence-electron chi connectivity index (χ0n) is 11.1. The van der Waals surface area contributed by atoms with Gasteiger partial charge in [0.05, 0.1) is 6.04 Å². The summed E-state index contributed by atoms with van der Waals surface area (Å²) < 4.78 is 1.15. The molecule has 0 fully saturated rings. The van der Waals surface area contributed by atoms with E-state index in [4.69, 9.17) is 11.6 Å². The lowest BCUT2D eigenvalue weighted by molar-refractivity contribution is 0.748. The summed E-state index contributed by atoms with van der Waals surface area (Å²) in [6.07, 6.45) is 1.04. The third-order valence-corrected chi connectivity index (χ3v) is 4.28. The minimum absolute atomic E-state index is 0.329. The number of aryl methyl sites for hydroxylation is 1. The summed E-state index contributed by atoms with van der Waals surface area (Å²) in [5.41, 5.74) is 3.75. The molecule has 1 atom stereocenters. The topological polar surface area (TPSA) is 12.0 Å². The molecule has 1 N–H and O–H groups in total. The van der Waals surface area contributed by atoms with Crippen LogP contribution in [0.3, 0.4) is 0 Å². The van der Waals surface area contributed by atoms with E-state index in [0.29, 0.717) is 6.04 Å². The molecule has 0 amide bonds. The molecule has 0 spiro atoms. The summed E-state index contributed by atoms with van der Waals surface area (Å²) in [5, 5.41) is 4.37. The number of halogens is 2. The molecule has 0 aliphatic rings. The summed E-state index contributed by atoms with van der Waals surface area (Å²) in [4.78, 5) is 0. The summed E-state index contributed by atoms with van der Waals surface area (Å²) >= 11 is 8.30. The molecule has 3 heteroatoms. The van der Waals surface area contributed by atoms with Gasteiger partial charge in [0.15, 0.2) is 0 Å². The van der Waals surface area contributed by atoms with Crippen molar-refractivity contribution in [2.75, 3.05) is 5.32 Å². The van der Waals surface area contributed by atoms with Gasteiger partial charge in [-0.15, -0.1) is 0 Å². The minimum Gasteiger partial charge on any atom is -0.377 e. The Hall–Kier alpha value is -0.740. The predicted octanol–water partition coefficient (Wildman–Crippen LogP) is 5.82. The Morgan fingerprint density at radius 2 is 1.84 bits per heavy atom. The highest BCUT2D eigenvalue weighted by Gasteiger charge is 2.10. The van der Waals surface area contributed by atoms with E-state index >= 15 is 0 Å². The third-order valence-electron chi connectivity index (χ3n) is 3.15. The molecule has 0 saturated carbocycles. The van der Waals surface area contributed by atoms with Crippen molar-refractivity contribution in [1.82, 2.24) is 0 Å². The Morgan fingerprint density at radius 3 is 2.42 bits per heavy atom. The number of hydrogen-bond acceptors (Lipinski definition) is 1. The molecule has 1 nitrogen and oxygen atoms in total. The molecule has 19 heavy (non-hydrogen) atoms. The average Bonchev–Trinajstić information content (AvgIpc) is 2.39. The van der Waals surface area contributed by atoms with Gasteiger partial charge < -0.3 is 5.32 Å². The number of anilines is 1. The van der Waals surface area contributed by atoms with Gasteiger partial charge >= 0.3 is 0 Å². The van der Waals surface area contributed by atoms with E-state index in [1.807, 2.05) is 18.2 Å². The van der Waals surface area contributed by atoms with Crippen LogP contribution in [0.2, 0.25) is 5.02 Å². The molecule has 0 bridgehead atoms. The van der Waals surface area contributed by atoms with Crippen LogP contribution in [0.15, 0.2) is 42.5 Å². The van der Waals surface area contributed by atoms with Gasteiger partial charge in [0.1, 0.15) is 0 Å². The van der Waals surface area contributed by atoms with Crippen molar-refractivity contribution in [3.63, 3.8) is 0 Å². The van der Waals surface area contributed by atoms with E-state index in [0.717, 1.165) is 20.7 Å². The summed E-state index contributed by atoms with van der Waals surface area (Å²) in [6, 6.07) is 15.0. The predicted molar refractivity (Wildman–Crippen MR) is 92.0 cm³/mol. The van der Waals surface area contributed by atoms with Crippen molar-refractivity contribution in [1.29, 1.82) is 0 Å². The highest BCUT2D eigenvalue weighted by Crippen LogP contribution is 2.28. The van der Waals surface area contributed by atoms with E-state index in [-0.39, 0.29) is 0 Å². The summed E-state index contributed by atoms with van der Waals surface area (Å²) in [5.74, 6) is 0. The lowest BCUT2D eigenvalue weighted by atomic mass is 10.0. The third kappa shape index (κ3) is 3.86. The van der Waals surface area contributed by atoms with Gasteiger partial charge in [-0.3, -0.25) is 0 Å². The normalized spacial score (nSPS) is 12.2. The van der Waals surface area contributed by atoms with Gasteiger partial charge in [0.2, 0.25) is 0 Å². The maximum Gasteiger partial charge on any atom is 0.0511 e. The van der Waals surface area contributed by atoms with Crippen molar-refractivity contribution < 1.29 is 0 Å². The van der Waals surface area contributed by atoms with Gasteiger partial charge in [-0.05, 0) is 59.7 Å². The van der Waals surface area contributed by atoms with Crippen LogP contribution in [0.25, 0.3) is 0 Å². The number of rotatable bonds is 4. The van der Waals surface area contributed by atoms with Gasteiger partial charge in [0.25, 0.3) is 0 Å². The smallest absolute Gasteiger partial charge is 0.0511 e. The Morgan fingerprint density at radius 1 is 1.16 bits per heavy atom. The summed E-state index contributed by atoms with van der Waals surface area (Å²) in [6.45, 7) is 4.31. The van der Waals surface area contributed by atoms with E-state index in [2.05, 4.69) is 66.0 Å². The Labute approximate surface area is 133 Å². The van der Waals surface area contributed by atoms with Crippen LogP contribution in [-0.4, -0.2) is 0 Å². The second-order valence-electron chi connectivity index (χ2n) is 4.64. The second-order valence-corrected chi connectivity index (χ2v) is 6.24. The van der Waals surface area contributed by atoms with Gasteiger partial charge in [-0.25, -0.2) is 0 Å². The first kappa shape index (κ1) is 14.7. The molecular formula is C16H17ClIN. The van der Waals surface area contributed by atoms with Crippen molar-refractivity contribution >= 4 is 39.9 Å². The minimum atomic E-state index is 0.329. The van der Waals surface area contributed by atoms with Gasteiger partial charge in [-0.1, -0.05) is 48.4 Å². The molecule has 2 aromatic rings. The van der Waals surface area contributed by atoms with Gasteiger partial charge in [0, 0.05) is 14.3 Å². The molecule has 0 aliphatic carbocycles. The van der Waals surface area contributed by atoms with Crippen LogP contribution in [0.5, 0.6) is 0 Å². The fourth-order valence-corrected chi connectivity index (χ4v) is 3.04. The molecule has 2 rings (SSSR count). The first-order valence-electron chi connectivity index (χ1n) is 6.38. The summed E-state index contributed by atoms with van der Waals surface area (Å²) in [7, 11) is 0. The number of benzene rings is 2. The highest BCUT2D eigenvalue weighted by atomic mass is 127. The average molecular weight is 386 g/mol. The first-order valence-corrected chi connectivity index (χ1v) is 7.84. The fraction of sp³-hybridized carbons (Fsp3) is 0.250. The molecule has 100 valence electrons. The lowest BCUT2D eigenvalue weighted by Gasteiger charge is -2.20. The van der Waals surface area contributed by atoms with E-state index in [1.54, 1.807) is 0 Å². The number of nitrogens with one attached hydrogen (secondary N) is 1. The Kier molecular flexibility index (Phi) is 5.11. The Balaban J connectivity index is 2.21. The molecule has 1 unspecified atom stereocenters. The first-order chi connectivity index (χ1) is 9.10. The molecule has 0 radical (unpaired) electrons. The molecule has 0 aliphatic heterocycles. The van der Waals surface area contributed by atoms with E-state index < -0.39 is 0 Å².